The van der Waals surface area contributed by atoms with Crippen LogP contribution in [0.5, 0.6) is 5.75 Å². The fourth-order valence-corrected chi connectivity index (χ4v) is 2.47. The lowest BCUT2D eigenvalue weighted by Gasteiger charge is -2.10. The van der Waals surface area contributed by atoms with Gasteiger partial charge >= 0.3 is 0 Å². The molecule has 1 N–H and O–H groups in total. The van der Waals surface area contributed by atoms with E-state index in [1.165, 1.54) is 5.56 Å². The van der Waals surface area contributed by atoms with Gasteiger partial charge in [0.1, 0.15) is 17.4 Å². The maximum atomic E-state index is 5.72. The molecule has 1 aromatic heterocycles. The second-order valence-electron chi connectivity index (χ2n) is 4.71. The van der Waals surface area contributed by atoms with Gasteiger partial charge < -0.3 is 10.1 Å². The number of likely N-dealkylation sites (N-methyl/N-ethyl adjacent to an activating group) is 1. The third-order valence-electron chi connectivity index (χ3n) is 2.99. The molecular formula is C15H20N2OS. The van der Waals surface area contributed by atoms with Crippen LogP contribution in [0, 0.1) is 6.92 Å². The summed E-state index contributed by atoms with van der Waals surface area (Å²) in [6.07, 6.45) is 1.03. The van der Waals surface area contributed by atoms with Crippen molar-refractivity contribution >= 4 is 11.3 Å². The van der Waals surface area contributed by atoms with E-state index in [0.29, 0.717) is 12.6 Å². The summed E-state index contributed by atoms with van der Waals surface area (Å²) in [5, 5.41) is 6.30. The second kappa shape index (κ2) is 6.68. The summed E-state index contributed by atoms with van der Waals surface area (Å²) < 4.78 is 5.72. The van der Waals surface area contributed by atoms with E-state index in [1.807, 2.05) is 31.5 Å². The van der Waals surface area contributed by atoms with E-state index in [9.17, 15) is 0 Å². The van der Waals surface area contributed by atoms with E-state index in [2.05, 4.69) is 29.4 Å². The monoisotopic (exact) mass is 276 g/mol. The zero-order valence-corrected chi connectivity index (χ0v) is 12.5. The highest BCUT2D eigenvalue weighted by Gasteiger charge is 2.02. The normalized spacial score (nSPS) is 12.4. The molecule has 0 aliphatic rings. The number of rotatable bonds is 6. The van der Waals surface area contributed by atoms with Gasteiger partial charge in [0, 0.05) is 17.1 Å². The topological polar surface area (TPSA) is 34.1 Å². The number of benzene rings is 1. The molecule has 2 rings (SSSR count). The number of nitrogens with zero attached hydrogens (tertiary/aromatic N) is 1. The maximum Gasteiger partial charge on any atom is 0.140 e. The predicted octanol–water partition coefficient (Wildman–Crippen LogP) is 3.18. The van der Waals surface area contributed by atoms with Crippen LogP contribution in [0.1, 0.15) is 23.2 Å². The predicted molar refractivity (Wildman–Crippen MR) is 79.9 cm³/mol. The molecule has 4 heteroatoms. The summed E-state index contributed by atoms with van der Waals surface area (Å²) in [5.41, 5.74) is 2.37. The van der Waals surface area contributed by atoms with E-state index in [0.717, 1.165) is 22.9 Å². The summed E-state index contributed by atoms with van der Waals surface area (Å²) in [4.78, 5) is 4.38. The van der Waals surface area contributed by atoms with Crippen LogP contribution >= 0.6 is 11.3 Å². The second-order valence-corrected chi connectivity index (χ2v) is 5.65. The Morgan fingerprint density at radius 2 is 2.05 bits per heavy atom. The number of aryl methyl sites for hydroxylation is 1. The van der Waals surface area contributed by atoms with Crippen molar-refractivity contribution in [3.05, 3.63) is 45.9 Å². The average molecular weight is 276 g/mol. The van der Waals surface area contributed by atoms with Crippen molar-refractivity contribution in [2.45, 2.75) is 32.9 Å². The van der Waals surface area contributed by atoms with Gasteiger partial charge in [-0.2, -0.15) is 0 Å². The zero-order chi connectivity index (χ0) is 13.7. The Morgan fingerprint density at radius 1 is 1.32 bits per heavy atom. The minimum Gasteiger partial charge on any atom is -0.486 e. The van der Waals surface area contributed by atoms with Crippen LogP contribution in [-0.4, -0.2) is 18.1 Å². The first-order valence-electron chi connectivity index (χ1n) is 6.47. The van der Waals surface area contributed by atoms with E-state index < -0.39 is 0 Å². The van der Waals surface area contributed by atoms with Gasteiger partial charge in [0.25, 0.3) is 0 Å². The van der Waals surface area contributed by atoms with Crippen molar-refractivity contribution in [2.75, 3.05) is 7.05 Å². The summed E-state index contributed by atoms with van der Waals surface area (Å²) in [6, 6.07) is 8.79. The minimum atomic E-state index is 0.491. The quantitative estimate of drug-likeness (QED) is 0.880. The summed E-state index contributed by atoms with van der Waals surface area (Å²) in [6.45, 7) is 4.72. The largest absolute Gasteiger partial charge is 0.486 e. The van der Waals surface area contributed by atoms with Crippen LogP contribution in [0.25, 0.3) is 0 Å². The third kappa shape index (κ3) is 4.33. The molecule has 1 unspecified atom stereocenters. The lowest BCUT2D eigenvalue weighted by molar-refractivity contribution is 0.305. The standard InChI is InChI=1S/C15H20N2OS/c1-11(16-3)8-13-4-6-14(7-5-13)18-9-15-17-12(2)10-19-15/h4-7,10-11,16H,8-9H2,1-3H3. The van der Waals surface area contributed by atoms with Gasteiger partial charge in [0.2, 0.25) is 0 Å². The molecular weight excluding hydrogens is 256 g/mol. The van der Waals surface area contributed by atoms with Crippen molar-refractivity contribution in [2.24, 2.45) is 0 Å². The maximum absolute atomic E-state index is 5.72. The van der Waals surface area contributed by atoms with Gasteiger partial charge in [-0.1, -0.05) is 12.1 Å². The number of nitrogens with one attached hydrogen (secondary N) is 1. The molecule has 1 atom stereocenters. The molecule has 0 saturated carbocycles. The molecule has 0 spiro atoms. The minimum absolute atomic E-state index is 0.491. The molecule has 3 nitrogen and oxygen atoms in total. The van der Waals surface area contributed by atoms with Crippen LogP contribution in [0.2, 0.25) is 0 Å². The van der Waals surface area contributed by atoms with E-state index in [4.69, 9.17) is 4.74 Å². The van der Waals surface area contributed by atoms with E-state index in [1.54, 1.807) is 11.3 Å². The van der Waals surface area contributed by atoms with Crippen molar-refractivity contribution in [1.29, 1.82) is 0 Å². The fourth-order valence-electron chi connectivity index (χ4n) is 1.79. The van der Waals surface area contributed by atoms with Crippen molar-refractivity contribution < 1.29 is 4.74 Å². The van der Waals surface area contributed by atoms with Gasteiger partial charge in [-0.3, -0.25) is 0 Å². The summed E-state index contributed by atoms with van der Waals surface area (Å²) in [7, 11) is 1.98. The molecule has 0 radical (unpaired) electrons. The Kier molecular flexibility index (Phi) is 4.93. The number of hydrogen-bond acceptors (Lipinski definition) is 4. The van der Waals surface area contributed by atoms with E-state index in [-0.39, 0.29) is 0 Å². The Balaban J connectivity index is 1.88. The van der Waals surface area contributed by atoms with Gasteiger partial charge in [-0.05, 0) is 45.0 Å². The van der Waals surface area contributed by atoms with Crippen LogP contribution in [0.4, 0.5) is 0 Å². The van der Waals surface area contributed by atoms with Gasteiger partial charge in [-0.25, -0.2) is 4.98 Å². The Hall–Kier alpha value is -1.39. The van der Waals surface area contributed by atoms with Crippen molar-refractivity contribution in [3.63, 3.8) is 0 Å². The summed E-state index contributed by atoms with van der Waals surface area (Å²) >= 11 is 1.64. The van der Waals surface area contributed by atoms with Crippen LogP contribution in [0.15, 0.2) is 29.6 Å². The van der Waals surface area contributed by atoms with Gasteiger partial charge in [-0.15, -0.1) is 11.3 Å². The SMILES string of the molecule is CNC(C)Cc1ccc(OCc2nc(C)cs2)cc1. The molecule has 0 aliphatic carbocycles. The van der Waals surface area contributed by atoms with Crippen molar-refractivity contribution in [1.82, 2.24) is 10.3 Å². The Morgan fingerprint density at radius 3 is 2.63 bits per heavy atom. The molecule has 19 heavy (non-hydrogen) atoms. The Bertz CT molecular complexity index is 507. The van der Waals surface area contributed by atoms with Crippen LogP contribution in [0.3, 0.4) is 0 Å². The molecule has 0 aliphatic heterocycles. The highest BCUT2D eigenvalue weighted by Crippen LogP contribution is 2.16. The fraction of sp³-hybridized carbons (Fsp3) is 0.400. The number of hydrogen-bond donors (Lipinski definition) is 1. The molecule has 0 amide bonds. The Labute approximate surface area is 118 Å². The first kappa shape index (κ1) is 14.0. The molecule has 0 saturated heterocycles. The van der Waals surface area contributed by atoms with Crippen LogP contribution in [-0.2, 0) is 13.0 Å². The number of aromatic nitrogens is 1. The lowest BCUT2D eigenvalue weighted by atomic mass is 10.1. The molecule has 1 heterocycles. The highest BCUT2D eigenvalue weighted by molar-refractivity contribution is 7.09. The number of thiazole rings is 1. The third-order valence-corrected chi connectivity index (χ3v) is 3.93. The van der Waals surface area contributed by atoms with Crippen LogP contribution < -0.4 is 10.1 Å². The number of ether oxygens (including phenoxy) is 1. The first-order valence-corrected chi connectivity index (χ1v) is 7.35. The molecule has 1 aromatic carbocycles. The van der Waals surface area contributed by atoms with Crippen molar-refractivity contribution in [3.8, 4) is 5.75 Å². The molecule has 0 fully saturated rings. The molecule has 0 bridgehead atoms. The van der Waals surface area contributed by atoms with Gasteiger partial charge in [0.15, 0.2) is 0 Å². The summed E-state index contributed by atoms with van der Waals surface area (Å²) in [5.74, 6) is 0.897. The first-order chi connectivity index (χ1) is 9.17. The van der Waals surface area contributed by atoms with E-state index >= 15 is 0 Å². The molecule has 102 valence electrons. The lowest BCUT2D eigenvalue weighted by Crippen LogP contribution is -2.23. The molecule has 2 aromatic rings. The van der Waals surface area contributed by atoms with Gasteiger partial charge in [0.05, 0.1) is 0 Å². The average Bonchev–Trinajstić information content (AvgIpc) is 2.83. The highest BCUT2D eigenvalue weighted by atomic mass is 32.1. The zero-order valence-electron chi connectivity index (χ0n) is 11.6. The smallest absolute Gasteiger partial charge is 0.140 e.